The van der Waals surface area contributed by atoms with Crippen LogP contribution in [-0.4, -0.2) is 53.0 Å². The molecule has 184 valence electrons. The minimum atomic E-state index is -0.253. The number of carbonyl (C=O) groups excluding carboxylic acids is 1. The van der Waals surface area contributed by atoms with Crippen molar-refractivity contribution >= 4 is 11.7 Å². The Morgan fingerprint density at radius 2 is 1.94 bits per heavy atom. The lowest BCUT2D eigenvalue weighted by atomic mass is 10.0. The van der Waals surface area contributed by atoms with Crippen molar-refractivity contribution in [3.8, 4) is 34.1 Å². The van der Waals surface area contributed by atoms with E-state index in [1.807, 2.05) is 25.1 Å². The van der Waals surface area contributed by atoms with Crippen LogP contribution in [0.25, 0.3) is 22.4 Å². The Hall–Kier alpha value is -3.72. The van der Waals surface area contributed by atoms with E-state index in [4.69, 9.17) is 9.47 Å². The van der Waals surface area contributed by atoms with E-state index in [9.17, 15) is 9.90 Å². The summed E-state index contributed by atoms with van der Waals surface area (Å²) in [6.45, 7) is 4.78. The zero-order chi connectivity index (χ0) is 24.8. The third-order valence-corrected chi connectivity index (χ3v) is 6.16. The number of nitrogens with zero attached hydrogens (tertiary/aromatic N) is 3. The summed E-state index contributed by atoms with van der Waals surface area (Å²) in [6.07, 6.45) is 6.72. The van der Waals surface area contributed by atoms with Gasteiger partial charge in [0, 0.05) is 41.7 Å². The first kappa shape index (κ1) is 24.4. The molecule has 0 spiro atoms. The van der Waals surface area contributed by atoms with E-state index in [-0.39, 0.29) is 19.2 Å². The highest BCUT2D eigenvalue weighted by Crippen LogP contribution is 2.47. The molecule has 2 amide bonds. The molecule has 9 heteroatoms. The van der Waals surface area contributed by atoms with Crippen molar-refractivity contribution in [1.29, 1.82) is 0 Å². The maximum Gasteiger partial charge on any atom is 0.319 e. The van der Waals surface area contributed by atoms with Gasteiger partial charge in [0.25, 0.3) is 0 Å². The second kappa shape index (κ2) is 10.7. The van der Waals surface area contributed by atoms with Gasteiger partial charge in [-0.3, -0.25) is 4.98 Å². The third kappa shape index (κ3) is 6.45. The van der Waals surface area contributed by atoms with E-state index in [1.54, 1.807) is 31.6 Å². The Bertz CT molecular complexity index is 1200. The molecule has 1 aliphatic rings. The molecular formula is C26H31N5O4. The van der Waals surface area contributed by atoms with E-state index < -0.39 is 0 Å². The van der Waals surface area contributed by atoms with Gasteiger partial charge in [-0.2, -0.15) is 0 Å². The van der Waals surface area contributed by atoms with Gasteiger partial charge in [0.2, 0.25) is 11.8 Å². The van der Waals surface area contributed by atoms with Crippen molar-refractivity contribution < 1.29 is 19.4 Å². The molecule has 3 N–H and O–H groups in total. The van der Waals surface area contributed by atoms with Crippen molar-refractivity contribution in [2.75, 3.05) is 32.2 Å². The standard InChI is InChI=1S/C26H31N5O4/c1-17-21(15-20(16-29-17)30-25(33)28-9-7-26(2)5-6-26)19-12-22(31-24(14-19)35-11-10-32)18-4-8-27-23(13-18)34-3/h4,8,12-16,32H,5-7,9-11H2,1-3H3,(H2,28,30,33). The van der Waals surface area contributed by atoms with Gasteiger partial charge in [-0.05, 0) is 55.4 Å². The summed E-state index contributed by atoms with van der Waals surface area (Å²) in [4.78, 5) is 25.6. The number of ether oxygens (including phenoxy) is 2. The van der Waals surface area contributed by atoms with Gasteiger partial charge in [-0.1, -0.05) is 6.92 Å². The molecule has 1 aliphatic carbocycles. The van der Waals surface area contributed by atoms with Crippen molar-refractivity contribution in [2.45, 2.75) is 33.1 Å². The summed E-state index contributed by atoms with van der Waals surface area (Å²) in [6, 6.07) is 8.97. The third-order valence-electron chi connectivity index (χ3n) is 6.16. The fourth-order valence-corrected chi connectivity index (χ4v) is 3.72. The first-order valence-corrected chi connectivity index (χ1v) is 11.7. The summed E-state index contributed by atoms with van der Waals surface area (Å²) in [5.41, 5.74) is 4.86. The van der Waals surface area contributed by atoms with Crippen LogP contribution in [0.5, 0.6) is 11.8 Å². The number of urea groups is 1. The lowest BCUT2D eigenvalue weighted by Crippen LogP contribution is -2.30. The number of aryl methyl sites for hydroxylation is 1. The van der Waals surface area contributed by atoms with Crippen LogP contribution in [0.1, 0.15) is 31.9 Å². The lowest BCUT2D eigenvalue weighted by Gasteiger charge is -2.14. The highest BCUT2D eigenvalue weighted by atomic mass is 16.5. The quantitative estimate of drug-likeness (QED) is 0.400. The van der Waals surface area contributed by atoms with Crippen LogP contribution < -0.4 is 20.1 Å². The Morgan fingerprint density at radius 3 is 2.69 bits per heavy atom. The lowest BCUT2D eigenvalue weighted by molar-refractivity contribution is 0.197. The molecule has 1 fully saturated rings. The van der Waals surface area contributed by atoms with Gasteiger partial charge in [-0.25, -0.2) is 14.8 Å². The van der Waals surface area contributed by atoms with Gasteiger partial charge in [-0.15, -0.1) is 0 Å². The second-order valence-corrected chi connectivity index (χ2v) is 9.04. The number of carbonyl (C=O) groups is 1. The first-order chi connectivity index (χ1) is 16.9. The summed E-state index contributed by atoms with van der Waals surface area (Å²) in [7, 11) is 1.56. The predicted molar refractivity (Wildman–Crippen MR) is 134 cm³/mol. The number of amides is 2. The fourth-order valence-electron chi connectivity index (χ4n) is 3.72. The molecule has 3 heterocycles. The number of hydrogen-bond donors (Lipinski definition) is 3. The first-order valence-electron chi connectivity index (χ1n) is 11.7. The predicted octanol–water partition coefficient (Wildman–Crippen LogP) is 4.21. The molecule has 35 heavy (non-hydrogen) atoms. The van der Waals surface area contributed by atoms with E-state index in [0.717, 1.165) is 28.8 Å². The Morgan fingerprint density at radius 1 is 1.14 bits per heavy atom. The molecule has 3 aromatic rings. The van der Waals surface area contributed by atoms with Crippen LogP contribution in [0.2, 0.25) is 0 Å². The molecule has 3 aromatic heterocycles. The molecule has 1 saturated carbocycles. The molecule has 0 atom stereocenters. The molecule has 9 nitrogen and oxygen atoms in total. The van der Waals surface area contributed by atoms with Crippen LogP contribution in [0.15, 0.2) is 42.7 Å². The molecule has 0 aliphatic heterocycles. The van der Waals surface area contributed by atoms with Gasteiger partial charge in [0.05, 0.1) is 31.3 Å². The van der Waals surface area contributed by atoms with Crippen molar-refractivity contribution in [3.63, 3.8) is 0 Å². The summed E-state index contributed by atoms with van der Waals surface area (Å²) in [5.74, 6) is 0.838. The normalized spacial score (nSPS) is 13.7. The van der Waals surface area contributed by atoms with E-state index in [1.165, 1.54) is 12.8 Å². The number of methoxy groups -OCH3 is 1. The maximum absolute atomic E-state index is 12.4. The highest BCUT2D eigenvalue weighted by molar-refractivity contribution is 5.90. The van der Waals surface area contributed by atoms with Gasteiger partial charge < -0.3 is 25.2 Å². The largest absolute Gasteiger partial charge is 0.481 e. The molecule has 0 bridgehead atoms. The Kier molecular flexibility index (Phi) is 7.45. The van der Waals surface area contributed by atoms with Crippen LogP contribution >= 0.6 is 0 Å². The number of pyridine rings is 3. The Labute approximate surface area is 204 Å². The van der Waals surface area contributed by atoms with Crippen molar-refractivity contribution in [1.82, 2.24) is 20.3 Å². The number of aliphatic hydroxyl groups is 1. The van der Waals surface area contributed by atoms with Crippen molar-refractivity contribution in [2.24, 2.45) is 5.41 Å². The fraction of sp³-hybridized carbons (Fsp3) is 0.385. The highest BCUT2D eigenvalue weighted by Gasteiger charge is 2.36. The minimum Gasteiger partial charge on any atom is -0.481 e. The zero-order valence-corrected chi connectivity index (χ0v) is 20.3. The molecule has 0 unspecified atom stereocenters. The minimum absolute atomic E-state index is 0.119. The molecule has 0 aromatic carbocycles. The van der Waals surface area contributed by atoms with Crippen LogP contribution in [0, 0.1) is 12.3 Å². The summed E-state index contributed by atoms with van der Waals surface area (Å²) >= 11 is 0. The van der Waals surface area contributed by atoms with Gasteiger partial charge in [0.1, 0.15) is 6.61 Å². The number of nitrogens with one attached hydrogen (secondary N) is 2. The molecular weight excluding hydrogens is 446 g/mol. The summed E-state index contributed by atoms with van der Waals surface area (Å²) in [5, 5.41) is 15.0. The number of aromatic nitrogens is 3. The molecule has 0 saturated heterocycles. The Balaban J connectivity index is 1.60. The summed E-state index contributed by atoms with van der Waals surface area (Å²) < 4.78 is 10.9. The number of aliphatic hydroxyl groups excluding tert-OH is 1. The zero-order valence-electron chi connectivity index (χ0n) is 20.3. The molecule has 0 radical (unpaired) electrons. The smallest absolute Gasteiger partial charge is 0.319 e. The molecule has 4 rings (SSSR count). The monoisotopic (exact) mass is 477 g/mol. The SMILES string of the molecule is COc1cc(-c2cc(-c3cc(NC(=O)NCCC4(C)CC4)cnc3C)cc(OCCO)n2)ccn1. The van der Waals surface area contributed by atoms with E-state index >= 15 is 0 Å². The van der Waals surface area contributed by atoms with Gasteiger partial charge in [0.15, 0.2) is 0 Å². The number of hydrogen-bond acceptors (Lipinski definition) is 7. The van der Waals surface area contributed by atoms with E-state index in [2.05, 4.69) is 32.5 Å². The maximum atomic E-state index is 12.4. The average Bonchev–Trinajstić information content (AvgIpc) is 3.60. The topological polar surface area (TPSA) is 118 Å². The number of anilines is 1. The van der Waals surface area contributed by atoms with Crippen LogP contribution in [-0.2, 0) is 0 Å². The van der Waals surface area contributed by atoms with Crippen LogP contribution in [0.4, 0.5) is 10.5 Å². The number of rotatable bonds is 10. The van der Waals surface area contributed by atoms with Crippen LogP contribution in [0.3, 0.4) is 0 Å². The van der Waals surface area contributed by atoms with Gasteiger partial charge >= 0.3 is 6.03 Å². The van der Waals surface area contributed by atoms with Crippen molar-refractivity contribution in [3.05, 3.63) is 48.4 Å². The second-order valence-electron chi connectivity index (χ2n) is 9.04. The van der Waals surface area contributed by atoms with E-state index in [0.29, 0.717) is 35.1 Å². The average molecular weight is 478 g/mol.